The molecule has 1 aliphatic rings. The zero-order valence-corrected chi connectivity index (χ0v) is 17.7. The molecular formula is C25H27N5O. The van der Waals surface area contributed by atoms with Crippen molar-refractivity contribution in [2.45, 2.75) is 19.1 Å². The Labute approximate surface area is 182 Å². The van der Waals surface area contributed by atoms with Crippen LogP contribution in [0.2, 0.25) is 0 Å². The van der Waals surface area contributed by atoms with E-state index in [9.17, 15) is 5.11 Å². The largest absolute Gasteiger partial charge is 0.390 e. The van der Waals surface area contributed by atoms with Gasteiger partial charge in [-0.1, -0.05) is 36.4 Å². The number of hydrogen-bond donors (Lipinski definition) is 2. The van der Waals surface area contributed by atoms with Crippen LogP contribution < -0.4 is 5.32 Å². The molecule has 158 valence electrons. The maximum Gasteiger partial charge on any atom is 0.0839 e. The zero-order valence-electron chi connectivity index (χ0n) is 17.7. The summed E-state index contributed by atoms with van der Waals surface area (Å²) in [6.45, 7) is 3.08. The summed E-state index contributed by atoms with van der Waals surface area (Å²) in [5, 5.41) is 19.3. The highest BCUT2D eigenvalue weighted by atomic mass is 16.3. The molecule has 6 nitrogen and oxygen atoms in total. The molecule has 1 atom stereocenters. The predicted octanol–water partition coefficient (Wildman–Crippen LogP) is 3.47. The Hall–Kier alpha value is -3.22. The SMILES string of the molecule is Cn1ncc2cnc(-c3cccc(NCC(O)CN4CCc5ccccc5C4)c3)cc21. The highest BCUT2D eigenvalue weighted by Gasteiger charge is 2.18. The van der Waals surface area contributed by atoms with E-state index in [1.165, 1.54) is 11.1 Å². The first kappa shape index (κ1) is 19.7. The van der Waals surface area contributed by atoms with Gasteiger partial charge in [-0.25, -0.2) is 0 Å². The highest BCUT2D eigenvalue weighted by molar-refractivity contribution is 5.82. The fraction of sp³-hybridized carbons (Fsp3) is 0.280. The van der Waals surface area contributed by atoms with Crippen molar-refractivity contribution in [3.63, 3.8) is 0 Å². The molecule has 3 heterocycles. The van der Waals surface area contributed by atoms with Gasteiger partial charge in [-0.15, -0.1) is 0 Å². The van der Waals surface area contributed by atoms with Gasteiger partial charge in [0.2, 0.25) is 0 Å². The van der Waals surface area contributed by atoms with Crippen LogP contribution in [-0.2, 0) is 20.0 Å². The minimum Gasteiger partial charge on any atom is -0.390 e. The minimum absolute atomic E-state index is 0.433. The van der Waals surface area contributed by atoms with Crippen LogP contribution in [0, 0.1) is 0 Å². The van der Waals surface area contributed by atoms with Gasteiger partial charge >= 0.3 is 0 Å². The second-order valence-corrected chi connectivity index (χ2v) is 8.27. The van der Waals surface area contributed by atoms with Crippen molar-refractivity contribution in [3.8, 4) is 11.3 Å². The maximum atomic E-state index is 10.6. The van der Waals surface area contributed by atoms with Crippen LogP contribution in [0.3, 0.4) is 0 Å². The Morgan fingerprint density at radius 2 is 1.94 bits per heavy atom. The molecule has 31 heavy (non-hydrogen) atoms. The number of β-amino-alcohol motifs (C(OH)–C–C–N with tert-alkyl or cyclic N) is 1. The first-order valence-electron chi connectivity index (χ1n) is 10.7. The summed E-state index contributed by atoms with van der Waals surface area (Å²) >= 11 is 0. The number of fused-ring (bicyclic) bond motifs is 2. The van der Waals surface area contributed by atoms with Gasteiger partial charge in [-0.3, -0.25) is 14.6 Å². The number of aliphatic hydroxyl groups excluding tert-OH is 1. The molecule has 2 aromatic carbocycles. The van der Waals surface area contributed by atoms with E-state index in [0.29, 0.717) is 13.1 Å². The van der Waals surface area contributed by atoms with Crippen LogP contribution in [0.5, 0.6) is 0 Å². The van der Waals surface area contributed by atoms with Gasteiger partial charge < -0.3 is 10.4 Å². The molecule has 0 fully saturated rings. The van der Waals surface area contributed by atoms with Gasteiger partial charge in [0.05, 0.1) is 23.5 Å². The fourth-order valence-corrected chi connectivity index (χ4v) is 4.30. The van der Waals surface area contributed by atoms with Gasteiger partial charge in [0.15, 0.2) is 0 Å². The van der Waals surface area contributed by atoms with E-state index in [2.05, 4.69) is 62.8 Å². The normalized spacial score (nSPS) is 15.0. The van der Waals surface area contributed by atoms with Crippen LogP contribution >= 0.6 is 0 Å². The maximum absolute atomic E-state index is 10.6. The number of nitrogens with zero attached hydrogens (tertiary/aromatic N) is 4. The lowest BCUT2D eigenvalue weighted by Crippen LogP contribution is -2.39. The third-order valence-electron chi connectivity index (χ3n) is 6.01. The zero-order chi connectivity index (χ0) is 21.2. The van der Waals surface area contributed by atoms with E-state index in [1.807, 2.05) is 36.3 Å². The number of benzene rings is 2. The minimum atomic E-state index is -0.433. The molecule has 0 amide bonds. The summed E-state index contributed by atoms with van der Waals surface area (Å²) in [5.41, 5.74) is 6.79. The van der Waals surface area contributed by atoms with Gasteiger partial charge in [0, 0.05) is 56.1 Å². The van der Waals surface area contributed by atoms with Crippen molar-refractivity contribution in [1.29, 1.82) is 0 Å². The number of hydrogen-bond acceptors (Lipinski definition) is 5. The van der Waals surface area contributed by atoms with Gasteiger partial charge in [-0.05, 0) is 35.7 Å². The van der Waals surface area contributed by atoms with E-state index in [-0.39, 0.29) is 0 Å². The molecule has 4 aromatic rings. The Kier molecular flexibility index (Phi) is 5.40. The van der Waals surface area contributed by atoms with Crippen LogP contribution in [0.4, 0.5) is 5.69 Å². The lowest BCUT2D eigenvalue weighted by Gasteiger charge is -2.30. The first-order chi connectivity index (χ1) is 15.2. The first-order valence-corrected chi connectivity index (χ1v) is 10.7. The second-order valence-electron chi connectivity index (χ2n) is 8.27. The summed E-state index contributed by atoms with van der Waals surface area (Å²) in [5.74, 6) is 0. The van der Waals surface area contributed by atoms with E-state index in [4.69, 9.17) is 0 Å². The summed E-state index contributed by atoms with van der Waals surface area (Å²) in [6, 6.07) is 18.8. The molecular weight excluding hydrogens is 386 g/mol. The van der Waals surface area contributed by atoms with Crippen molar-refractivity contribution in [3.05, 3.63) is 78.1 Å². The number of rotatable bonds is 6. The Morgan fingerprint density at radius 1 is 1.06 bits per heavy atom. The molecule has 2 aromatic heterocycles. The van der Waals surface area contributed by atoms with Gasteiger partial charge in [0.25, 0.3) is 0 Å². The molecule has 5 rings (SSSR count). The molecule has 1 unspecified atom stereocenters. The molecule has 0 saturated carbocycles. The Morgan fingerprint density at radius 3 is 2.84 bits per heavy atom. The van der Waals surface area contributed by atoms with Crippen LogP contribution in [0.15, 0.2) is 67.0 Å². The molecule has 1 aliphatic heterocycles. The van der Waals surface area contributed by atoms with Crippen molar-refractivity contribution >= 4 is 16.6 Å². The average molecular weight is 414 g/mol. The summed E-state index contributed by atoms with van der Waals surface area (Å²) in [6.07, 6.45) is 4.30. The van der Waals surface area contributed by atoms with E-state index in [0.717, 1.165) is 47.4 Å². The topological polar surface area (TPSA) is 66.2 Å². The molecule has 0 spiro atoms. The molecule has 0 radical (unpaired) electrons. The number of aliphatic hydroxyl groups is 1. The molecule has 2 N–H and O–H groups in total. The quantitative estimate of drug-likeness (QED) is 0.507. The number of aromatic nitrogens is 3. The van der Waals surface area contributed by atoms with Crippen molar-refractivity contribution in [2.24, 2.45) is 7.05 Å². The summed E-state index contributed by atoms with van der Waals surface area (Å²) in [7, 11) is 1.94. The molecule has 6 heteroatoms. The smallest absolute Gasteiger partial charge is 0.0839 e. The highest BCUT2D eigenvalue weighted by Crippen LogP contribution is 2.24. The van der Waals surface area contributed by atoms with Crippen LogP contribution in [0.25, 0.3) is 22.2 Å². The monoisotopic (exact) mass is 413 g/mol. The van der Waals surface area contributed by atoms with E-state index < -0.39 is 6.10 Å². The van der Waals surface area contributed by atoms with Crippen molar-refractivity contribution in [2.75, 3.05) is 25.0 Å². The van der Waals surface area contributed by atoms with Crippen LogP contribution in [0.1, 0.15) is 11.1 Å². The lowest BCUT2D eigenvalue weighted by atomic mass is 10.00. The van der Waals surface area contributed by atoms with Gasteiger partial charge in [0.1, 0.15) is 0 Å². The standard InChI is InChI=1S/C25H27N5O/c1-29-25-12-24(27-13-21(25)14-28-29)19-7-4-8-22(11-19)26-15-23(31)17-30-10-9-18-5-2-3-6-20(18)16-30/h2-8,11-14,23,26,31H,9-10,15-17H2,1H3. The average Bonchev–Trinajstić information content (AvgIpc) is 3.18. The fourth-order valence-electron chi connectivity index (χ4n) is 4.30. The van der Waals surface area contributed by atoms with E-state index in [1.54, 1.807) is 0 Å². The van der Waals surface area contributed by atoms with E-state index >= 15 is 0 Å². The molecule has 0 bridgehead atoms. The third kappa shape index (κ3) is 4.31. The predicted molar refractivity (Wildman–Crippen MR) is 124 cm³/mol. The van der Waals surface area contributed by atoms with Crippen molar-refractivity contribution < 1.29 is 5.11 Å². The van der Waals surface area contributed by atoms with Crippen LogP contribution in [-0.4, -0.2) is 50.5 Å². The van der Waals surface area contributed by atoms with Gasteiger partial charge in [-0.2, -0.15) is 5.10 Å². The third-order valence-corrected chi connectivity index (χ3v) is 6.01. The summed E-state index contributed by atoms with van der Waals surface area (Å²) < 4.78 is 1.86. The number of nitrogens with one attached hydrogen (secondary N) is 1. The Balaban J connectivity index is 1.21. The lowest BCUT2D eigenvalue weighted by molar-refractivity contribution is 0.114. The molecule has 0 saturated heterocycles. The molecule has 0 aliphatic carbocycles. The second kappa shape index (κ2) is 8.49. The van der Waals surface area contributed by atoms with Crippen molar-refractivity contribution in [1.82, 2.24) is 19.7 Å². The Bertz CT molecular complexity index is 1200. The number of aryl methyl sites for hydroxylation is 1. The number of pyridine rings is 1. The number of anilines is 1. The summed E-state index contributed by atoms with van der Waals surface area (Å²) in [4.78, 5) is 6.92.